The van der Waals surface area contributed by atoms with Crippen LogP contribution in [-0.2, 0) is 14.6 Å². The Morgan fingerprint density at radius 2 is 1.78 bits per heavy atom. The van der Waals surface area contributed by atoms with Gasteiger partial charge in [0.05, 0.1) is 11.5 Å². The molecule has 2 amide bonds. The van der Waals surface area contributed by atoms with Gasteiger partial charge in [-0.05, 0) is 54.8 Å². The van der Waals surface area contributed by atoms with Crippen molar-refractivity contribution in [2.24, 2.45) is 5.92 Å². The maximum atomic E-state index is 12.9. The molecule has 1 unspecified atom stereocenters. The molecule has 2 aromatic carbocycles. The van der Waals surface area contributed by atoms with E-state index in [0.29, 0.717) is 35.9 Å². The van der Waals surface area contributed by atoms with Gasteiger partial charge in [0, 0.05) is 30.4 Å². The van der Waals surface area contributed by atoms with Crippen LogP contribution in [0.25, 0.3) is 0 Å². The Kier molecular flexibility index (Phi) is 9.09. The molecule has 0 bridgehead atoms. The Labute approximate surface area is 194 Å². The number of hydrogen-bond acceptors (Lipinski definition) is 5. The Hall–Kier alpha value is -2.58. The maximum absolute atomic E-state index is 12.9. The standard InChI is InChI=1S/C23H29ClN2O5S/c1-16(2)21(25-22(27)17-9-11-18(24)12-10-17)23(28)26(3)13-6-14-31-19-7-5-8-20(15-19)32(4,29)30/h5,7-12,15-16,21H,6,13-14H2,1-4H3,(H,25,27). The molecule has 7 nitrogen and oxygen atoms in total. The molecule has 0 heterocycles. The van der Waals surface area contributed by atoms with Crippen LogP contribution in [0, 0.1) is 5.92 Å². The molecule has 2 aromatic rings. The lowest BCUT2D eigenvalue weighted by molar-refractivity contribution is -0.133. The number of halogens is 1. The van der Waals surface area contributed by atoms with Crippen molar-refractivity contribution in [3.63, 3.8) is 0 Å². The molecule has 0 spiro atoms. The zero-order valence-corrected chi connectivity index (χ0v) is 20.2. The van der Waals surface area contributed by atoms with Crippen LogP contribution >= 0.6 is 11.6 Å². The highest BCUT2D eigenvalue weighted by Crippen LogP contribution is 2.17. The zero-order valence-electron chi connectivity index (χ0n) is 18.7. The lowest BCUT2D eigenvalue weighted by Gasteiger charge is -2.27. The fourth-order valence-electron chi connectivity index (χ4n) is 2.97. The van der Waals surface area contributed by atoms with Crippen LogP contribution in [-0.4, -0.2) is 57.6 Å². The average Bonchev–Trinajstić information content (AvgIpc) is 2.74. The fraction of sp³-hybridized carbons (Fsp3) is 0.391. The van der Waals surface area contributed by atoms with Crippen molar-refractivity contribution >= 4 is 33.3 Å². The van der Waals surface area contributed by atoms with Crippen LogP contribution in [0.15, 0.2) is 53.4 Å². The van der Waals surface area contributed by atoms with E-state index in [0.717, 1.165) is 6.26 Å². The molecule has 0 aliphatic carbocycles. The minimum absolute atomic E-state index is 0.101. The van der Waals surface area contributed by atoms with Gasteiger partial charge in [0.25, 0.3) is 5.91 Å². The minimum Gasteiger partial charge on any atom is -0.493 e. The predicted octanol–water partition coefficient (Wildman–Crippen LogP) is 3.43. The number of likely N-dealkylation sites (N-methyl/N-ethyl adjacent to an activating group) is 1. The van der Waals surface area contributed by atoms with Gasteiger partial charge in [-0.2, -0.15) is 0 Å². The lowest BCUT2D eigenvalue weighted by Crippen LogP contribution is -2.50. The Morgan fingerprint density at radius 3 is 2.38 bits per heavy atom. The van der Waals surface area contributed by atoms with E-state index in [-0.39, 0.29) is 22.6 Å². The molecule has 2 rings (SSSR count). The second kappa shape index (κ2) is 11.3. The molecule has 0 aliphatic heterocycles. The molecule has 1 atom stereocenters. The number of rotatable bonds is 10. The van der Waals surface area contributed by atoms with E-state index in [1.807, 2.05) is 13.8 Å². The third-order valence-corrected chi connectivity index (χ3v) is 6.20. The number of nitrogens with one attached hydrogen (secondary N) is 1. The van der Waals surface area contributed by atoms with Gasteiger partial charge in [0.15, 0.2) is 9.84 Å². The second-order valence-electron chi connectivity index (χ2n) is 7.91. The monoisotopic (exact) mass is 480 g/mol. The van der Waals surface area contributed by atoms with Crippen LogP contribution < -0.4 is 10.1 Å². The molecular weight excluding hydrogens is 452 g/mol. The molecule has 0 aromatic heterocycles. The van der Waals surface area contributed by atoms with Gasteiger partial charge in [-0.25, -0.2) is 8.42 Å². The van der Waals surface area contributed by atoms with Gasteiger partial charge in [-0.15, -0.1) is 0 Å². The molecule has 0 radical (unpaired) electrons. The van der Waals surface area contributed by atoms with Crippen molar-refractivity contribution in [3.05, 3.63) is 59.1 Å². The van der Waals surface area contributed by atoms with Crippen molar-refractivity contribution in [1.82, 2.24) is 10.2 Å². The summed E-state index contributed by atoms with van der Waals surface area (Å²) in [4.78, 5) is 27.2. The topological polar surface area (TPSA) is 92.8 Å². The van der Waals surface area contributed by atoms with Gasteiger partial charge in [0.1, 0.15) is 11.8 Å². The van der Waals surface area contributed by atoms with Gasteiger partial charge in [-0.1, -0.05) is 31.5 Å². The Balaban J connectivity index is 1.89. The van der Waals surface area contributed by atoms with Crippen LogP contribution in [0.2, 0.25) is 5.02 Å². The summed E-state index contributed by atoms with van der Waals surface area (Å²) in [5.41, 5.74) is 0.431. The highest BCUT2D eigenvalue weighted by Gasteiger charge is 2.27. The summed E-state index contributed by atoms with van der Waals surface area (Å²) in [7, 11) is -1.63. The molecule has 0 aliphatic rings. The number of hydrogen-bond donors (Lipinski definition) is 1. The molecule has 0 saturated carbocycles. The minimum atomic E-state index is -3.30. The van der Waals surface area contributed by atoms with Crippen molar-refractivity contribution in [3.8, 4) is 5.75 Å². The second-order valence-corrected chi connectivity index (χ2v) is 10.4. The zero-order chi connectivity index (χ0) is 23.9. The smallest absolute Gasteiger partial charge is 0.251 e. The quantitative estimate of drug-likeness (QED) is 0.526. The third kappa shape index (κ3) is 7.53. The number of ether oxygens (including phenoxy) is 1. The van der Waals surface area contributed by atoms with E-state index in [9.17, 15) is 18.0 Å². The predicted molar refractivity (Wildman–Crippen MR) is 125 cm³/mol. The van der Waals surface area contributed by atoms with E-state index in [1.165, 1.54) is 12.1 Å². The number of nitrogens with zero attached hydrogens (tertiary/aromatic N) is 1. The molecule has 32 heavy (non-hydrogen) atoms. The SMILES string of the molecule is CC(C)C(NC(=O)c1ccc(Cl)cc1)C(=O)N(C)CCCOc1cccc(S(C)(=O)=O)c1. The van der Waals surface area contributed by atoms with Crippen LogP contribution in [0.1, 0.15) is 30.6 Å². The first-order chi connectivity index (χ1) is 15.0. The van der Waals surface area contributed by atoms with Gasteiger partial charge in [-0.3, -0.25) is 9.59 Å². The molecular formula is C23H29ClN2O5S. The van der Waals surface area contributed by atoms with Crippen molar-refractivity contribution in [2.75, 3.05) is 26.5 Å². The Morgan fingerprint density at radius 1 is 1.12 bits per heavy atom. The van der Waals surface area contributed by atoms with E-state index < -0.39 is 15.9 Å². The van der Waals surface area contributed by atoms with E-state index in [4.69, 9.17) is 16.3 Å². The van der Waals surface area contributed by atoms with Crippen molar-refractivity contribution in [1.29, 1.82) is 0 Å². The molecule has 0 fully saturated rings. The fourth-order valence-corrected chi connectivity index (χ4v) is 3.76. The first-order valence-corrected chi connectivity index (χ1v) is 12.5. The highest BCUT2D eigenvalue weighted by atomic mass is 35.5. The van der Waals surface area contributed by atoms with Crippen LogP contribution in [0.5, 0.6) is 5.75 Å². The van der Waals surface area contributed by atoms with E-state index in [2.05, 4.69) is 5.32 Å². The largest absolute Gasteiger partial charge is 0.493 e. The van der Waals surface area contributed by atoms with E-state index in [1.54, 1.807) is 48.3 Å². The summed E-state index contributed by atoms with van der Waals surface area (Å²) in [5.74, 6) is -0.175. The van der Waals surface area contributed by atoms with Gasteiger partial charge in [0.2, 0.25) is 5.91 Å². The Bertz CT molecular complexity index is 1040. The molecule has 174 valence electrons. The third-order valence-electron chi connectivity index (χ3n) is 4.84. The first-order valence-electron chi connectivity index (χ1n) is 10.2. The number of benzene rings is 2. The van der Waals surface area contributed by atoms with Gasteiger partial charge >= 0.3 is 0 Å². The summed E-state index contributed by atoms with van der Waals surface area (Å²) < 4.78 is 28.9. The number of carbonyl (C=O) groups is 2. The molecule has 1 N–H and O–H groups in total. The van der Waals surface area contributed by atoms with Gasteiger partial charge < -0.3 is 15.0 Å². The van der Waals surface area contributed by atoms with Crippen molar-refractivity contribution < 1.29 is 22.7 Å². The average molecular weight is 481 g/mol. The van der Waals surface area contributed by atoms with E-state index >= 15 is 0 Å². The molecule has 0 saturated heterocycles. The summed E-state index contributed by atoms with van der Waals surface area (Å²) in [5, 5.41) is 3.34. The highest BCUT2D eigenvalue weighted by molar-refractivity contribution is 7.90. The number of sulfone groups is 1. The first kappa shape index (κ1) is 25.7. The number of carbonyl (C=O) groups excluding carboxylic acids is 2. The number of amides is 2. The lowest BCUT2D eigenvalue weighted by atomic mass is 10.0. The summed E-state index contributed by atoms with van der Waals surface area (Å²) in [6.07, 6.45) is 1.69. The summed E-state index contributed by atoms with van der Waals surface area (Å²) in [6.45, 7) is 4.48. The molecule has 9 heteroatoms. The van der Waals surface area contributed by atoms with Crippen LogP contribution in [0.3, 0.4) is 0 Å². The summed E-state index contributed by atoms with van der Waals surface area (Å²) >= 11 is 5.86. The van der Waals surface area contributed by atoms with Crippen LogP contribution in [0.4, 0.5) is 0 Å². The van der Waals surface area contributed by atoms with Crippen molar-refractivity contribution in [2.45, 2.75) is 31.2 Å². The maximum Gasteiger partial charge on any atom is 0.251 e. The summed E-state index contributed by atoms with van der Waals surface area (Å²) in [6, 6.07) is 12.1. The normalized spacial score (nSPS) is 12.3.